The maximum atomic E-state index is 13.4. The van der Waals surface area contributed by atoms with Crippen molar-refractivity contribution in [3.8, 4) is 0 Å². The highest BCUT2D eigenvalue weighted by atomic mass is 19.4. The molecule has 2 heterocycles. The SMILES string of the molecule is O=C(NC1CCCC1c1ccccc1C(F)(F)F)c1cnc2[nH]c(=O)[nH]c(=O)c2c1. The van der Waals surface area contributed by atoms with E-state index >= 15 is 0 Å². The highest BCUT2D eigenvalue weighted by Crippen LogP contribution is 2.41. The summed E-state index contributed by atoms with van der Waals surface area (Å²) in [5, 5.41) is 2.82. The first-order chi connectivity index (χ1) is 14.2. The Kier molecular flexibility index (Phi) is 4.92. The number of carbonyl (C=O) groups excluding carboxylic acids is 1. The van der Waals surface area contributed by atoms with Gasteiger partial charge in [0.05, 0.1) is 16.5 Å². The first kappa shape index (κ1) is 19.9. The predicted molar refractivity (Wildman–Crippen MR) is 102 cm³/mol. The number of hydrogen-bond donors (Lipinski definition) is 3. The molecule has 156 valence electrons. The minimum Gasteiger partial charge on any atom is -0.349 e. The quantitative estimate of drug-likeness (QED) is 0.608. The lowest BCUT2D eigenvalue weighted by molar-refractivity contribution is -0.138. The monoisotopic (exact) mass is 418 g/mol. The van der Waals surface area contributed by atoms with E-state index in [1.54, 1.807) is 6.07 Å². The van der Waals surface area contributed by atoms with E-state index in [0.717, 1.165) is 6.07 Å². The van der Waals surface area contributed by atoms with Crippen molar-refractivity contribution in [3.63, 3.8) is 0 Å². The Hall–Kier alpha value is -3.43. The Morgan fingerprint density at radius 1 is 1.13 bits per heavy atom. The van der Waals surface area contributed by atoms with Gasteiger partial charge in [0.1, 0.15) is 5.65 Å². The van der Waals surface area contributed by atoms with Gasteiger partial charge in [0.25, 0.3) is 11.5 Å². The van der Waals surface area contributed by atoms with Crippen molar-refractivity contribution in [3.05, 3.63) is 74.1 Å². The van der Waals surface area contributed by atoms with Gasteiger partial charge >= 0.3 is 11.9 Å². The molecule has 1 aliphatic carbocycles. The molecule has 2 unspecified atom stereocenters. The molecule has 10 heteroatoms. The number of pyridine rings is 1. The second-order valence-corrected chi connectivity index (χ2v) is 7.23. The number of fused-ring (bicyclic) bond motifs is 1. The van der Waals surface area contributed by atoms with E-state index in [-0.39, 0.29) is 22.2 Å². The Morgan fingerprint density at radius 2 is 1.90 bits per heavy atom. The Labute approximate surface area is 167 Å². The van der Waals surface area contributed by atoms with Crippen LogP contribution in [-0.4, -0.2) is 26.9 Å². The van der Waals surface area contributed by atoms with Crippen LogP contribution in [0, 0.1) is 0 Å². The maximum Gasteiger partial charge on any atom is 0.416 e. The third-order valence-electron chi connectivity index (χ3n) is 5.35. The van der Waals surface area contributed by atoms with Gasteiger partial charge in [0.2, 0.25) is 0 Å². The summed E-state index contributed by atoms with van der Waals surface area (Å²) in [6, 6.07) is 6.21. The zero-order valence-corrected chi connectivity index (χ0v) is 15.5. The fourth-order valence-electron chi connectivity index (χ4n) is 4.01. The molecule has 0 spiro atoms. The molecule has 0 aliphatic heterocycles. The van der Waals surface area contributed by atoms with Crippen LogP contribution in [-0.2, 0) is 6.18 Å². The number of nitrogens with zero attached hydrogens (tertiary/aromatic N) is 1. The number of benzene rings is 1. The summed E-state index contributed by atoms with van der Waals surface area (Å²) in [4.78, 5) is 44.3. The Bertz CT molecular complexity index is 1230. The standard InChI is InChI=1S/C20H17F3N4O3/c21-20(22,23)14-6-2-1-4-11(14)12-5-3-7-15(12)25-17(28)10-8-13-16(24-9-10)26-19(30)27-18(13)29/h1-2,4,6,8-9,12,15H,3,5,7H2,(H,25,28)(H2,24,26,27,29,30). The number of H-pyrrole nitrogens is 2. The number of carbonyl (C=O) groups is 1. The predicted octanol–water partition coefficient (Wildman–Crippen LogP) is 2.70. The van der Waals surface area contributed by atoms with E-state index in [1.807, 2.05) is 0 Å². The van der Waals surface area contributed by atoms with Gasteiger partial charge in [-0.1, -0.05) is 24.6 Å². The number of aromatic nitrogens is 3. The average Bonchev–Trinajstić information content (AvgIpc) is 3.15. The van der Waals surface area contributed by atoms with E-state index < -0.39 is 40.9 Å². The van der Waals surface area contributed by atoms with Crippen LogP contribution in [0.5, 0.6) is 0 Å². The number of aromatic amines is 2. The molecular formula is C20H17F3N4O3. The van der Waals surface area contributed by atoms with Crippen molar-refractivity contribution in [1.82, 2.24) is 20.3 Å². The molecule has 3 aromatic rings. The van der Waals surface area contributed by atoms with Crippen LogP contribution < -0.4 is 16.6 Å². The highest BCUT2D eigenvalue weighted by Gasteiger charge is 2.38. The molecule has 0 bridgehead atoms. The van der Waals surface area contributed by atoms with E-state index in [2.05, 4.69) is 20.3 Å². The fourth-order valence-corrected chi connectivity index (χ4v) is 4.01. The summed E-state index contributed by atoms with van der Waals surface area (Å²) >= 11 is 0. The van der Waals surface area contributed by atoms with Crippen LogP contribution in [0.2, 0.25) is 0 Å². The number of rotatable bonds is 3. The summed E-state index contributed by atoms with van der Waals surface area (Å²) in [5.74, 6) is -1.02. The molecule has 2 aromatic heterocycles. The minimum absolute atomic E-state index is 0.0349. The highest BCUT2D eigenvalue weighted by molar-refractivity contribution is 5.96. The van der Waals surface area contributed by atoms with Crippen LogP contribution in [0.1, 0.15) is 46.7 Å². The second-order valence-electron chi connectivity index (χ2n) is 7.23. The van der Waals surface area contributed by atoms with Crippen molar-refractivity contribution in [2.24, 2.45) is 0 Å². The molecule has 1 aromatic carbocycles. The molecule has 2 atom stereocenters. The third-order valence-corrected chi connectivity index (χ3v) is 5.35. The molecule has 0 saturated heterocycles. The van der Waals surface area contributed by atoms with Crippen molar-refractivity contribution < 1.29 is 18.0 Å². The molecule has 1 amide bonds. The molecule has 1 aliphatic rings. The smallest absolute Gasteiger partial charge is 0.349 e. The summed E-state index contributed by atoms with van der Waals surface area (Å²) in [5.41, 5.74) is -1.81. The van der Waals surface area contributed by atoms with Gasteiger partial charge in [-0.3, -0.25) is 19.6 Å². The van der Waals surface area contributed by atoms with Crippen molar-refractivity contribution in [2.75, 3.05) is 0 Å². The van der Waals surface area contributed by atoms with Crippen LogP contribution in [0.3, 0.4) is 0 Å². The molecular weight excluding hydrogens is 401 g/mol. The van der Waals surface area contributed by atoms with Crippen molar-refractivity contribution >= 4 is 16.9 Å². The van der Waals surface area contributed by atoms with E-state index in [0.29, 0.717) is 19.3 Å². The normalized spacial score (nSPS) is 19.2. The summed E-state index contributed by atoms with van der Waals surface area (Å²) in [6.45, 7) is 0. The van der Waals surface area contributed by atoms with Gasteiger partial charge in [0.15, 0.2) is 0 Å². The van der Waals surface area contributed by atoms with E-state index in [9.17, 15) is 27.6 Å². The van der Waals surface area contributed by atoms with Gasteiger partial charge in [-0.05, 0) is 30.5 Å². The summed E-state index contributed by atoms with van der Waals surface area (Å²) in [7, 11) is 0. The number of alkyl halides is 3. The summed E-state index contributed by atoms with van der Waals surface area (Å²) < 4.78 is 40.3. The number of amides is 1. The first-order valence-electron chi connectivity index (χ1n) is 9.33. The van der Waals surface area contributed by atoms with Gasteiger partial charge < -0.3 is 5.32 Å². The largest absolute Gasteiger partial charge is 0.416 e. The zero-order chi connectivity index (χ0) is 21.5. The molecule has 4 rings (SSSR count). The van der Waals surface area contributed by atoms with Gasteiger partial charge in [-0.15, -0.1) is 0 Å². The number of hydrogen-bond acceptors (Lipinski definition) is 4. The van der Waals surface area contributed by atoms with Gasteiger partial charge in [-0.2, -0.15) is 13.2 Å². The lowest BCUT2D eigenvalue weighted by Crippen LogP contribution is -2.37. The maximum absolute atomic E-state index is 13.4. The second kappa shape index (κ2) is 7.43. The zero-order valence-electron chi connectivity index (χ0n) is 15.5. The molecule has 7 nitrogen and oxygen atoms in total. The van der Waals surface area contributed by atoms with Crippen LogP contribution in [0.15, 0.2) is 46.1 Å². The van der Waals surface area contributed by atoms with Gasteiger partial charge in [0, 0.05) is 18.2 Å². The third kappa shape index (κ3) is 3.72. The fraction of sp³-hybridized carbons (Fsp3) is 0.300. The lowest BCUT2D eigenvalue weighted by atomic mass is 9.89. The lowest BCUT2D eigenvalue weighted by Gasteiger charge is -2.24. The Morgan fingerprint density at radius 3 is 2.67 bits per heavy atom. The van der Waals surface area contributed by atoms with E-state index in [4.69, 9.17) is 0 Å². The Balaban J connectivity index is 1.62. The van der Waals surface area contributed by atoms with Crippen LogP contribution in [0.4, 0.5) is 13.2 Å². The topological polar surface area (TPSA) is 108 Å². The summed E-state index contributed by atoms with van der Waals surface area (Å²) in [6.07, 6.45) is -1.53. The average molecular weight is 418 g/mol. The molecule has 3 N–H and O–H groups in total. The first-order valence-corrected chi connectivity index (χ1v) is 9.33. The molecule has 0 radical (unpaired) electrons. The van der Waals surface area contributed by atoms with Gasteiger partial charge in [-0.25, -0.2) is 9.78 Å². The van der Waals surface area contributed by atoms with Crippen molar-refractivity contribution in [1.29, 1.82) is 0 Å². The van der Waals surface area contributed by atoms with Crippen LogP contribution in [0.25, 0.3) is 11.0 Å². The van der Waals surface area contributed by atoms with Crippen LogP contribution >= 0.6 is 0 Å². The molecule has 30 heavy (non-hydrogen) atoms. The molecule has 1 fully saturated rings. The molecule has 1 saturated carbocycles. The number of nitrogens with one attached hydrogen (secondary N) is 3. The van der Waals surface area contributed by atoms with E-state index in [1.165, 1.54) is 24.4 Å². The number of halogens is 3. The van der Waals surface area contributed by atoms with Crippen molar-refractivity contribution in [2.45, 2.75) is 37.4 Å². The minimum atomic E-state index is -4.48.